The van der Waals surface area contributed by atoms with Gasteiger partial charge in [0.05, 0.1) is 4.90 Å². The second-order valence-corrected chi connectivity index (χ2v) is 7.15. The quantitative estimate of drug-likeness (QED) is 0.826. The number of hydrogen-bond donors (Lipinski definition) is 2. The molecule has 2 N–H and O–H groups in total. The maximum absolute atomic E-state index is 12.4. The summed E-state index contributed by atoms with van der Waals surface area (Å²) in [5.41, 5.74) is 0.248. The molecule has 1 aliphatic rings. The Hall–Kier alpha value is -1.54. The molecule has 0 aromatic heterocycles. The number of rotatable bonds is 6. The smallest absolute Gasteiger partial charge is 0.341 e. The van der Waals surface area contributed by atoms with Crippen molar-refractivity contribution in [2.24, 2.45) is 5.92 Å². The van der Waals surface area contributed by atoms with Crippen molar-refractivity contribution in [2.45, 2.75) is 23.5 Å². The van der Waals surface area contributed by atoms with Gasteiger partial charge in [-0.1, -0.05) is 0 Å². The van der Waals surface area contributed by atoms with Crippen LogP contribution in [-0.2, 0) is 9.84 Å². The zero-order valence-electron chi connectivity index (χ0n) is 11.9. The molecule has 0 spiro atoms. The summed E-state index contributed by atoms with van der Waals surface area (Å²) < 4.78 is 47.4. The van der Waals surface area contributed by atoms with E-state index in [4.69, 9.17) is 0 Å². The number of alkyl halides is 2. The lowest BCUT2D eigenvalue weighted by Gasteiger charge is -2.10. The van der Waals surface area contributed by atoms with Gasteiger partial charge in [0.1, 0.15) is 0 Å². The van der Waals surface area contributed by atoms with Crippen LogP contribution in [0.4, 0.5) is 8.78 Å². The predicted molar refractivity (Wildman–Crippen MR) is 77.6 cm³/mol. The molecule has 0 aliphatic carbocycles. The van der Waals surface area contributed by atoms with Gasteiger partial charge in [0, 0.05) is 12.1 Å². The number of benzene rings is 1. The first-order chi connectivity index (χ1) is 10.4. The Balaban J connectivity index is 1.90. The van der Waals surface area contributed by atoms with Gasteiger partial charge in [0.25, 0.3) is 5.91 Å². The van der Waals surface area contributed by atoms with Crippen LogP contribution in [0.3, 0.4) is 0 Å². The lowest BCUT2D eigenvalue weighted by atomic mass is 10.1. The van der Waals surface area contributed by atoms with Crippen LogP contribution in [0.15, 0.2) is 29.2 Å². The topological polar surface area (TPSA) is 75.3 Å². The number of amides is 1. The number of nitrogens with one attached hydrogen (secondary N) is 2. The second kappa shape index (κ2) is 7.15. The van der Waals surface area contributed by atoms with Crippen molar-refractivity contribution in [3.8, 4) is 0 Å². The summed E-state index contributed by atoms with van der Waals surface area (Å²) in [6.45, 7) is 2.48. The molecule has 5 nitrogen and oxygen atoms in total. The highest BCUT2D eigenvalue weighted by molar-refractivity contribution is 7.91. The van der Waals surface area contributed by atoms with E-state index in [2.05, 4.69) is 10.6 Å². The molecule has 22 heavy (non-hydrogen) atoms. The minimum atomic E-state index is -4.62. The first-order valence-corrected chi connectivity index (χ1v) is 8.57. The molecule has 1 heterocycles. The van der Waals surface area contributed by atoms with Crippen LogP contribution in [0.5, 0.6) is 0 Å². The third-order valence-corrected chi connectivity index (χ3v) is 5.08. The van der Waals surface area contributed by atoms with Crippen LogP contribution >= 0.6 is 0 Å². The van der Waals surface area contributed by atoms with E-state index in [0.717, 1.165) is 38.1 Å². The molecular formula is C14H18F2N2O3S. The highest BCUT2D eigenvalue weighted by Gasteiger charge is 2.26. The molecule has 1 saturated heterocycles. The van der Waals surface area contributed by atoms with Gasteiger partial charge in [-0.3, -0.25) is 4.79 Å². The zero-order chi connectivity index (χ0) is 16.2. The second-order valence-electron chi connectivity index (χ2n) is 5.23. The van der Waals surface area contributed by atoms with Crippen molar-refractivity contribution < 1.29 is 22.0 Å². The number of hydrogen-bond acceptors (Lipinski definition) is 4. The van der Waals surface area contributed by atoms with Crippen molar-refractivity contribution in [1.29, 1.82) is 0 Å². The van der Waals surface area contributed by atoms with Gasteiger partial charge in [0.15, 0.2) is 0 Å². The van der Waals surface area contributed by atoms with E-state index in [1.807, 2.05) is 0 Å². The monoisotopic (exact) mass is 332 g/mol. The van der Waals surface area contributed by atoms with Gasteiger partial charge in [0.2, 0.25) is 9.84 Å². The molecule has 0 bridgehead atoms. The molecule has 1 aromatic rings. The van der Waals surface area contributed by atoms with Crippen LogP contribution in [0.25, 0.3) is 0 Å². The molecule has 0 radical (unpaired) electrons. The molecule has 1 unspecified atom stereocenters. The summed E-state index contributed by atoms with van der Waals surface area (Å²) >= 11 is 0. The Morgan fingerprint density at radius 2 is 2.00 bits per heavy atom. The first kappa shape index (κ1) is 16.8. The van der Waals surface area contributed by atoms with Crippen molar-refractivity contribution >= 4 is 15.7 Å². The van der Waals surface area contributed by atoms with E-state index in [0.29, 0.717) is 12.5 Å². The Morgan fingerprint density at radius 3 is 2.55 bits per heavy atom. The minimum absolute atomic E-state index is 0.248. The van der Waals surface area contributed by atoms with Crippen molar-refractivity contribution in [2.75, 3.05) is 19.6 Å². The summed E-state index contributed by atoms with van der Waals surface area (Å²) in [5, 5.41) is 5.98. The van der Waals surface area contributed by atoms with Crippen LogP contribution in [0.2, 0.25) is 0 Å². The standard InChI is InChI=1S/C14H18F2N2O3S/c15-14(16)22(20,21)12-3-1-11(2-4-12)13(19)18-8-6-10-5-7-17-9-10/h1-4,10,14,17H,5-9H2,(H,18,19). The average molecular weight is 332 g/mol. The Kier molecular flexibility index (Phi) is 5.47. The van der Waals surface area contributed by atoms with Crippen molar-refractivity contribution in [3.05, 3.63) is 29.8 Å². The fourth-order valence-electron chi connectivity index (χ4n) is 2.35. The van der Waals surface area contributed by atoms with Crippen molar-refractivity contribution in [3.63, 3.8) is 0 Å². The molecule has 1 fully saturated rings. The number of sulfone groups is 1. The molecule has 1 amide bonds. The highest BCUT2D eigenvalue weighted by Crippen LogP contribution is 2.18. The fraction of sp³-hybridized carbons (Fsp3) is 0.500. The van der Waals surface area contributed by atoms with Crippen LogP contribution in [-0.4, -0.2) is 39.7 Å². The van der Waals surface area contributed by atoms with Crippen molar-refractivity contribution in [1.82, 2.24) is 10.6 Å². The Morgan fingerprint density at radius 1 is 1.32 bits per heavy atom. The number of carbonyl (C=O) groups excluding carboxylic acids is 1. The molecular weight excluding hydrogens is 314 g/mol. The third kappa shape index (κ3) is 4.01. The fourth-order valence-corrected chi connectivity index (χ4v) is 3.07. The van der Waals surface area contributed by atoms with Crippen LogP contribution in [0.1, 0.15) is 23.2 Å². The van der Waals surface area contributed by atoms with E-state index < -0.39 is 20.5 Å². The molecule has 0 saturated carbocycles. The third-order valence-electron chi connectivity index (χ3n) is 3.68. The van der Waals surface area contributed by atoms with Gasteiger partial charge in [-0.05, 0) is 56.1 Å². The van der Waals surface area contributed by atoms with Gasteiger partial charge < -0.3 is 10.6 Å². The lowest BCUT2D eigenvalue weighted by Crippen LogP contribution is -2.26. The number of halogens is 2. The largest absolute Gasteiger partial charge is 0.352 e. The molecule has 2 rings (SSSR count). The summed E-state index contributed by atoms with van der Waals surface area (Å²) in [7, 11) is -4.62. The molecule has 1 atom stereocenters. The Bertz CT molecular complexity index is 611. The van der Waals surface area contributed by atoms with Gasteiger partial charge in [-0.15, -0.1) is 0 Å². The van der Waals surface area contributed by atoms with E-state index in [1.54, 1.807) is 0 Å². The average Bonchev–Trinajstić information content (AvgIpc) is 3.00. The highest BCUT2D eigenvalue weighted by atomic mass is 32.2. The van der Waals surface area contributed by atoms with Crippen LogP contribution in [0, 0.1) is 5.92 Å². The summed E-state index contributed by atoms with van der Waals surface area (Å²) in [6, 6.07) is 4.53. The Labute approximate surface area is 128 Å². The maximum atomic E-state index is 12.4. The SMILES string of the molecule is O=C(NCCC1CCNC1)c1ccc(S(=O)(=O)C(F)F)cc1. The van der Waals surface area contributed by atoms with Gasteiger partial charge >= 0.3 is 5.76 Å². The van der Waals surface area contributed by atoms with Gasteiger partial charge in [-0.25, -0.2) is 8.42 Å². The molecule has 122 valence electrons. The first-order valence-electron chi connectivity index (χ1n) is 7.02. The summed E-state index contributed by atoms with van der Waals surface area (Å²) in [4.78, 5) is 11.4. The lowest BCUT2D eigenvalue weighted by molar-refractivity contribution is 0.0951. The zero-order valence-corrected chi connectivity index (χ0v) is 12.7. The van der Waals surface area contributed by atoms with E-state index in [9.17, 15) is 22.0 Å². The summed E-state index contributed by atoms with van der Waals surface area (Å²) in [5.74, 6) is -3.25. The van der Waals surface area contributed by atoms with E-state index in [-0.39, 0.29) is 11.5 Å². The molecule has 8 heteroatoms. The molecule has 1 aliphatic heterocycles. The predicted octanol–water partition coefficient (Wildman–Crippen LogP) is 1.41. The van der Waals surface area contributed by atoms with Gasteiger partial charge in [-0.2, -0.15) is 8.78 Å². The van der Waals surface area contributed by atoms with E-state index in [1.165, 1.54) is 12.1 Å². The molecule has 1 aromatic carbocycles. The van der Waals surface area contributed by atoms with Crippen LogP contribution < -0.4 is 10.6 Å². The summed E-state index contributed by atoms with van der Waals surface area (Å²) in [6.07, 6.45) is 1.96. The maximum Gasteiger partial charge on any atom is 0.341 e. The minimum Gasteiger partial charge on any atom is -0.352 e. The number of carbonyl (C=O) groups is 1. The van der Waals surface area contributed by atoms with E-state index >= 15 is 0 Å². The normalized spacial score (nSPS) is 18.6.